The summed E-state index contributed by atoms with van der Waals surface area (Å²) in [5.74, 6) is 0.477. The van der Waals surface area contributed by atoms with Gasteiger partial charge in [0.15, 0.2) is 0 Å². The van der Waals surface area contributed by atoms with Gasteiger partial charge in [-0.2, -0.15) is 0 Å². The van der Waals surface area contributed by atoms with Gasteiger partial charge < -0.3 is 9.64 Å². The Labute approximate surface area is 192 Å². The monoisotopic (exact) mass is 440 g/mol. The Balaban J connectivity index is 1.12. The number of nitrogens with zero attached hydrogens (tertiary/aromatic N) is 4. The highest BCUT2D eigenvalue weighted by Crippen LogP contribution is 2.23. The van der Waals surface area contributed by atoms with E-state index in [2.05, 4.69) is 49.9 Å². The lowest BCUT2D eigenvalue weighted by atomic mass is 10.1. The van der Waals surface area contributed by atoms with Crippen LogP contribution in [0.15, 0.2) is 48.5 Å². The maximum Gasteiger partial charge on any atom is 0.131 e. The summed E-state index contributed by atoms with van der Waals surface area (Å²) in [5, 5.41) is 0. The fourth-order valence-electron chi connectivity index (χ4n) is 4.73. The molecule has 0 aromatic heterocycles. The second kappa shape index (κ2) is 11.8. The standard InChI is InChI=1S/C26H37FN4O/c1-32-26-9-5-8-25(27)24(26)22-31-20-18-30(19-21-31)17-16-29-14-12-28(13-15-29)11-10-23-6-3-2-4-7-23/h2-9H,10-22H2,1H3. The van der Waals surface area contributed by atoms with Gasteiger partial charge in [-0.25, -0.2) is 4.39 Å². The van der Waals surface area contributed by atoms with Crippen LogP contribution >= 0.6 is 0 Å². The van der Waals surface area contributed by atoms with Crippen LogP contribution in [0.2, 0.25) is 0 Å². The molecular weight excluding hydrogens is 403 g/mol. The van der Waals surface area contributed by atoms with Gasteiger partial charge in [-0.1, -0.05) is 36.4 Å². The highest BCUT2D eigenvalue weighted by atomic mass is 19.1. The first-order valence-electron chi connectivity index (χ1n) is 12.0. The number of hydrogen-bond donors (Lipinski definition) is 0. The molecule has 2 heterocycles. The van der Waals surface area contributed by atoms with Crippen molar-refractivity contribution in [3.05, 3.63) is 65.5 Å². The zero-order valence-corrected chi connectivity index (χ0v) is 19.4. The Bertz CT molecular complexity index is 818. The second-order valence-corrected chi connectivity index (χ2v) is 8.96. The molecule has 4 rings (SSSR count). The molecule has 2 aromatic carbocycles. The zero-order valence-electron chi connectivity index (χ0n) is 19.4. The van der Waals surface area contributed by atoms with E-state index < -0.39 is 0 Å². The molecule has 0 unspecified atom stereocenters. The quantitative estimate of drug-likeness (QED) is 0.596. The first-order valence-corrected chi connectivity index (χ1v) is 12.0. The van der Waals surface area contributed by atoms with E-state index in [9.17, 15) is 4.39 Å². The molecule has 0 saturated carbocycles. The number of benzene rings is 2. The molecule has 2 aromatic rings. The summed E-state index contributed by atoms with van der Waals surface area (Å²) in [7, 11) is 1.61. The Hall–Kier alpha value is -1.99. The number of hydrogen-bond acceptors (Lipinski definition) is 5. The van der Waals surface area contributed by atoms with E-state index in [0.29, 0.717) is 17.9 Å². The number of rotatable bonds is 9. The minimum Gasteiger partial charge on any atom is -0.496 e. The first kappa shape index (κ1) is 23.2. The molecular formula is C26H37FN4O. The van der Waals surface area contributed by atoms with Gasteiger partial charge >= 0.3 is 0 Å². The third-order valence-electron chi connectivity index (χ3n) is 6.90. The molecule has 2 fully saturated rings. The van der Waals surface area contributed by atoms with Crippen molar-refractivity contribution in [3.63, 3.8) is 0 Å². The molecule has 0 N–H and O–H groups in total. The van der Waals surface area contributed by atoms with Gasteiger partial charge in [-0.05, 0) is 24.1 Å². The largest absolute Gasteiger partial charge is 0.496 e. The lowest BCUT2D eigenvalue weighted by Gasteiger charge is -2.38. The van der Waals surface area contributed by atoms with Crippen molar-refractivity contribution in [3.8, 4) is 5.75 Å². The van der Waals surface area contributed by atoms with Crippen LogP contribution in [0.3, 0.4) is 0 Å². The summed E-state index contributed by atoms with van der Waals surface area (Å²) >= 11 is 0. The highest BCUT2D eigenvalue weighted by molar-refractivity contribution is 5.34. The van der Waals surface area contributed by atoms with Crippen molar-refractivity contribution in [2.24, 2.45) is 0 Å². The molecule has 5 nitrogen and oxygen atoms in total. The van der Waals surface area contributed by atoms with Gasteiger partial charge in [-0.3, -0.25) is 14.7 Å². The Morgan fingerprint density at radius 1 is 0.688 bits per heavy atom. The van der Waals surface area contributed by atoms with Gasteiger partial charge in [0, 0.05) is 84.1 Å². The van der Waals surface area contributed by atoms with E-state index >= 15 is 0 Å². The third kappa shape index (κ3) is 6.51. The molecule has 6 heteroatoms. The molecule has 0 bridgehead atoms. The van der Waals surface area contributed by atoms with Crippen LogP contribution < -0.4 is 4.74 Å². The predicted octanol–water partition coefficient (Wildman–Crippen LogP) is 2.81. The van der Waals surface area contributed by atoms with Gasteiger partial charge in [0.25, 0.3) is 0 Å². The SMILES string of the molecule is COc1cccc(F)c1CN1CCN(CCN2CCN(CCc3ccccc3)CC2)CC1. The number of methoxy groups -OCH3 is 1. The summed E-state index contributed by atoms with van der Waals surface area (Å²) in [4.78, 5) is 10.1. The fourth-order valence-corrected chi connectivity index (χ4v) is 4.73. The molecule has 0 aliphatic carbocycles. The second-order valence-electron chi connectivity index (χ2n) is 8.96. The van der Waals surface area contributed by atoms with Gasteiger partial charge in [-0.15, -0.1) is 0 Å². The van der Waals surface area contributed by atoms with Crippen LogP contribution in [0.4, 0.5) is 4.39 Å². The third-order valence-corrected chi connectivity index (χ3v) is 6.90. The molecule has 0 radical (unpaired) electrons. The van der Waals surface area contributed by atoms with E-state index in [1.165, 1.54) is 37.8 Å². The van der Waals surface area contributed by atoms with Crippen LogP contribution in [-0.2, 0) is 13.0 Å². The fraction of sp³-hybridized carbons (Fsp3) is 0.538. The van der Waals surface area contributed by atoms with Crippen LogP contribution in [-0.4, -0.2) is 98.7 Å². The average Bonchev–Trinajstić information content (AvgIpc) is 2.85. The lowest BCUT2D eigenvalue weighted by Crippen LogP contribution is -2.51. The van der Waals surface area contributed by atoms with Gasteiger partial charge in [0.1, 0.15) is 11.6 Å². The van der Waals surface area contributed by atoms with Crippen LogP contribution in [0.1, 0.15) is 11.1 Å². The summed E-state index contributed by atoms with van der Waals surface area (Å²) in [5.41, 5.74) is 2.11. The molecule has 0 spiro atoms. The predicted molar refractivity (Wildman–Crippen MR) is 128 cm³/mol. The minimum atomic E-state index is -0.172. The summed E-state index contributed by atoms with van der Waals surface area (Å²) in [6.07, 6.45) is 1.14. The topological polar surface area (TPSA) is 22.2 Å². The van der Waals surface area contributed by atoms with E-state index in [4.69, 9.17) is 4.74 Å². The van der Waals surface area contributed by atoms with Crippen molar-refractivity contribution >= 4 is 0 Å². The maximum absolute atomic E-state index is 14.2. The Morgan fingerprint density at radius 2 is 1.25 bits per heavy atom. The van der Waals surface area contributed by atoms with E-state index in [1.54, 1.807) is 13.2 Å². The van der Waals surface area contributed by atoms with E-state index in [-0.39, 0.29) is 5.82 Å². The molecule has 0 amide bonds. The van der Waals surface area contributed by atoms with Crippen molar-refractivity contribution in [2.75, 3.05) is 79.1 Å². The molecule has 32 heavy (non-hydrogen) atoms. The molecule has 174 valence electrons. The smallest absolute Gasteiger partial charge is 0.131 e. The molecule has 2 saturated heterocycles. The van der Waals surface area contributed by atoms with Crippen LogP contribution in [0.25, 0.3) is 0 Å². The zero-order chi connectivity index (χ0) is 22.2. The van der Waals surface area contributed by atoms with Crippen molar-refractivity contribution in [1.82, 2.24) is 19.6 Å². The van der Waals surface area contributed by atoms with Gasteiger partial charge in [0.2, 0.25) is 0 Å². The van der Waals surface area contributed by atoms with Crippen molar-refractivity contribution < 1.29 is 9.13 Å². The minimum absolute atomic E-state index is 0.172. The molecule has 0 atom stereocenters. The van der Waals surface area contributed by atoms with Crippen LogP contribution in [0.5, 0.6) is 5.75 Å². The number of halogens is 1. The van der Waals surface area contributed by atoms with Gasteiger partial charge in [0.05, 0.1) is 7.11 Å². The highest BCUT2D eigenvalue weighted by Gasteiger charge is 2.21. The van der Waals surface area contributed by atoms with Crippen molar-refractivity contribution in [1.29, 1.82) is 0 Å². The molecule has 2 aliphatic rings. The summed E-state index contributed by atoms with van der Waals surface area (Å²) < 4.78 is 19.6. The maximum atomic E-state index is 14.2. The molecule has 2 aliphatic heterocycles. The normalized spacial score (nSPS) is 19.3. The lowest BCUT2D eigenvalue weighted by molar-refractivity contribution is 0.0920. The van der Waals surface area contributed by atoms with Crippen molar-refractivity contribution in [2.45, 2.75) is 13.0 Å². The summed E-state index contributed by atoms with van der Waals surface area (Å²) in [6.45, 7) is 12.8. The van der Waals surface area contributed by atoms with Crippen LogP contribution in [0, 0.1) is 5.82 Å². The summed E-state index contributed by atoms with van der Waals surface area (Å²) in [6, 6.07) is 15.9. The van der Waals surface area contributed by atoms with E-state index in [1.807, 2.05) is 6.07 Å². The number of piperazine rings is 2. The number of ether oxygens (including phenoxy) is 1. The first-order chi connectivity index (χ1) is 15.7. The average molecular weight is 441 g/mol. The van der Waals surface area contributed by atoms with E-state index in [0.717, 1.165) is 52.2 Å². The Morgan fingerprint density at radius 3 is 1.84 bits per heavy atom. The Kier molecular flexibility index (Phi) is 8.51.